The molecule has 0 saturated carbocycles. The minimum atomic E-state index is 0.239. The van der Waals surface area contributed by atoms with Gasteiger partial charge in [-0.05, 0) is 38.3 Å². The molecule has 0 aliphatic carbocycles. The lowest BCUT2D eigenvalue weighted by molar-refractivity contribution is 0.176. The zero-order valence-corrected chi connectivity index (χ0v) is 12.5. The van der Waals surface area contributed by atoms with Crippen LogP contribution >= 0.6 is 0 Å². The highest BCUT2D eigenvalue weighted by Gasteiger charge is 2.24. The predicted molar refractivity (Wildman–Crippen MR) is 80.7 cm³/mol. The van der Waals surface area contributed by atoms with Crippen LogP contribution in [0.25, 0.3) is 11.0 Å². The van der Waals surface area contributed by atoms with Crippen molar-refractivity contribution in [3.63, 3.8) is 0 Å². The summed E-state index contributed by atoms with van der Waals surface area (Å²) in [7, 11) is 2.09. The first-order valence-corrected chi connectivity index (χ1v) is 7.42. The minimum absolute atomic E-state index is 0.239. The Balaban J connectivity index is 1.78. The molecule has 1 aliphatic rings. The van der Waals surface area contributed by atoms with Crippen LogP contribution in [0.15, 0.2) is 24.3 Å². The molecule has 0 spiro atoms. The third-order valence-electron chi connectivity index (χ3n) is 4.39. The zero-order valence-electron chi connectivity index (χ0n) is 12.5. The maximum absolute atomic E-state index is 5.48. The van der Waals surface area contributed by atoms with Gasteiger partial charge in [-0.25, -0.2) is 4.98 Å². The van der Waals surface area contributed by atoms with E-state index in [4.69, 9.17) is 9.72 Å². The lowest BCUT2D eigenvalue weighted by Crippen LogP contribution is -2.36. The fraction of sp³-hybridized carbons (Fsp3) is 0.562. The molecule has 4 heteroatoms. The molecule has 4 nitrogen and oxygen atoms in total. The number of benzene rings is 1. The molecule has 1 aromatic heterocycles. The summed E-state index contributed by atoms with van der Waals surface area (Å²) in [6.45, 7) is 6.22. The zero-order chi connectivity index (χ0) is 14.1. The maximum Gasteiger partial charge on any atom is 0.126 e. The van der Waals surface area contributed by atoms with E-state index in [1.54, 1.807) is 0 Å². The minimum Gasteiger partial charge on any atom is -0.381 e. The van der Waals surface area contributed by atoms with Crippen molar-refractivity contribution in [2.45, 2.75) is 32.4 Å². The van der Waals surface area contributed by atoms with Gasteiger partial charge in [0.15, 0.2) is 0 Å². The second kappa shape index (κ2) is 5.54. The number of fused-ring (bicyclic) bond motifs is 1. The van der Waals surface area contributed by atoms with E-state index in [0.717, 1.165) is 31.0 Å². The van der Waals surface area contributed by atoms with Crippen LogP contribution in [-0.4, -0.2) is 28.8 Å². The third-order valence-corrected chi connectivity index (χ3v) is 4.39. The molecule has 108 valence electrons. The van der Waals surface area contributed by atoms with Crippen LogP contribution in [0.4, 0.5) is 0 Å². The molecular weight excluding hydrogens is 250 g/mol. The van der Waals surface area contributed by atoms with E-state index in [2.05, 4.69) is 49.0 Å². The van der Waals surface area contributed by atoms with Gasteiger partial charge in [0.2, 0.25) is 0 Å². The number of hydrogen-bond acceptors (Lipinski definition) is 3. The Hall–Kier alpha value is -1.39. The fourth-order valence-corrected chi connectivity index (χ4v) is 3.10. The van der Waals surface area contributed by atoms with Crippen molar-refractivity contribution in [2.75, 3.05) is 13.2 Å². The van der Waals surface area contributed by atoms with Crippen molar-refractivity contribution >= 4 is 11.0 Å². The normalized spacial score (nSPS) is 22.2. The molecule has 3 unspecified atom stereocenters. The molecule has 0 radical (unpaired) electrons. The van der Waals surface area contributed by atoms with E-state index in [1.165, 1.54) is 5.52 Å². The lowest BCUT2D eigenvalue weighted by atomic mass is 10.00. The summed E-state index contributed by atoms with van der Waals surface area (Å²) >= 11 is 0. The summed E-state index contributed by atoms with van der Waals surface area (Å²) < 4.78 is 7.66. The Labute approximate surface area is 120 Å². The quantitative estimate of drug-likeness (QED) is 0.931. The fourth-order valence-electron chi connectivity index (χ4n) is 3.10. The van der Waals surface area contributed by atoms with Crippen molar-refractivity contribution < 1.29 is 4.74 Å². The number of rotatable bonds is 4. The molecule has 20 heavy (non-hydrogen) atoms. The smallest absolute Gasteiger partial charge is 0.126 e. The van der Waals surface area contributed by atoms with Crippen LogP contribution in [0.1, 0.15) is 32.1 Å². The number of nitrogens with zero attached hydrogens (tertiary/aromatic N) is 2. The van der Waals surface area contributed by atoms with Crippen molar-refractivity contribution in [2.24, 2.45) is 13.0 Å². The van der Waals surface area contributed by atoms with E-state index < -0.39 is 0 Å². The van der Waals surface area contributed by atoms with Gasteiger partial charge in [-0.2, -0.15) is 0 Å². The van der Waals surface area contributed by atoms with Gasteiger partial charge in [0.1, 0.15) is 5.82 Å². The number of nitrogens with one attached hydrogen (secondary N) is 1. The van der Waals surface area contributed by atoms with Gasteiger partial charge in [0, 0.05) is 19.7 Å². The molecule has 1 aliphatic heterocycles. The molecule has 3 atom stereocenters. The highest BCUT2D eigenvalue weighted by Crippen LogP contribution is 2.22. The monoisotopic (exact) mass is 273 g/mol. The molecule has 1 N–H and O–H groups in total. The summed E-state index contributed by atoms with van der Waals surface area (Å²) in [6.07, 6.45) is 1.16. The predicted octanol–water partition coefficient (Wildman–Crippen LogP) is 2.65. The molecule has 0 bridgehead atoms. The highest BCUT2D eigenvalue weighted by atomic mass is 16.5. The summed E-state index contributed by atoms with van der Waals surface area (Å²) in [5, 5.41) is 3.68. The van der Waals surface area contributed by atoms with Gasteiger partial charge in [-0.15, -0.1) is 0 Å². The molecule has 3 rings (SSSR count). The first kappa shape index (κ1) is 13.6. The molecule has 2 aromatic rings. The Morgan fingerprint density at radius 2 is 2.15 bits per heavy atom. The van der Waals surface area contributed by atoms with Crippen LogP contribution in [0, 0.1) is 5.92 Å². The standard InChI is InChI=1S/C16H23N3O/c1-11(13-8-9-20-10-13)17-12(2)16-18-14-6-4-5-7-15(14)19(16)3/h4-7,11-13,17H,8-10H2,1-3H3. The SMILES string of the molecule is CC(NC(C)C1CCOC1)c1nc2ccccc2n1C. The summed E-state index contributed by atoms with van der Waals surface area (Å²) in [5.74, 6) is 1.71. The lowest BCUT2D eigenvalue weighted by Gasteiger charge is -2.23. The maximum atomic E-state index is 5.48. The van der Waals surface area contributed by atoms with Crippen molar-refractivity contribution in [1.82, 2.24) is 14.9 Å². The van der Waals surface area contributed by atoms with E-state index in [-0.39, 0.29) is 6.04 Å². The molecule has 1 fully saturated rings. The Kier molecular flexibility index (Phi) is 3.76. The third kappa shape index (κ3) is 2.45. The highest BCUT2D eigenvalue weighted by molar-refractivity contribution is 5.75. The number of para-hydroxylation sites is 2. The number of aryl methyl sites for hydroxylation is 1. The number of imidazole rings is 1. The van der Waals surface area contributed by atoms with Crippen LogP contribution in [0.3, 0.4) is 0 Å². The van der Waals surface area contributed by atoms with Gasteiger partial charge in [-0.1, -0.05) is 12.1 Å². The van der Waals surface area contributed by atoms with Crippen molar-refractivity contribution in [3.8, 4) is 0 Å². The summed E-state index contributed by atoms with van der Waals surface area (Å²) in [6, 6.07) is 8.97. The van der Waals surface area contributed by atoms with Gasteiger partial charge < -0.3 is 14.6 Å². The van der Waals surface area contributed by atoms with Crippen LogP contribution in [0.2, 0.25) is 0 Å². The number of aromatic nitrogens is 2. The van der Waals surface area contributed by atoms with Crippen molar-refractivity contribution in [1.29, 1.82) is 0 Å². The van der Waals surface area contributed by atoms with E-state index in [9.17, 15) is 0 Å². The topological polar surface area (TPSA) is 39.1 Å². The van der Waals surface area contributed by atoms with E-state index >= 15 is 0 Å². The molecule has 0 amide bonds. The average Bonchev–Trinajstić information content (AvgIpc) is 3.07. The second-order valence-electron chi connectivity index (χ2n) is 5.82. The molecule has 2 heterocycles. The molecule has 1 saturated heterocycles. The van der Waals surface area contributed by atoms with E-state index in [0.29, 0.717) is 12.0 Å². The van der Waals surface area contributed by atoms with E-state index in [1.807, 2.05) is 6.07 Å². The molecular formula is C16H23N3O. The summed E-state index contributed by atoms with van der Waals surface area (Å²) in [5.41, 5.74) is 2.25. The van der Waals surface area contributed by atoms with Crippen LogP contribution in [0.5, 0.6) is 0 Å². The average molecular weight is 273 g/mol. The van der Waals surface area contributed by atoms with Gasteiger partial charge in [0.05, 0.1) is 23.7 Å². The van der Waals surface area contributed by atoms with Crippen LogP contribution in [-0.2, 0) is 11.8 Å². The number of hydrogen-bond donors (Lipinski definition) is 1. The Morgan fingerprint density at radius 3 is 2.85 bits per heavy atom. The van der Waals surface area contributed by atoms with Crippen molar-refractivity contribution in [3.05, 3.63) is 30.1 Å². The summed E-state index contributed by atoms with van der Waals surface area (Å²) in [4.78, 5) is 4.76. The first-order valence-electron chi connectivity index (χ1n) is 7.42. The van der Waals surface area contributed by atoms with Gasteiger partial charge >= 0.3 is 0 Å². The number of ether oxygens (including phenoxy) is 1. The first-order chi connectivity index (χ1) is 9.66. The largest absolute Gasteiger partial charge is 0.381 e. The van der Waals surface area contributed by atoms with Gasteiger partial charge in [0.25, 0.3) is 0 Å². The Morgan fingerprint density at radius 1 is 1.35 bits per heavy atom. The van der Waals surface area contributed by atoms with Crippen LogP contribution < -0.4 is 5.32 Å². The van der Waals surface area contributed by atoms with Gasteiger partial charge in [-0.3, -0.25) is 0 Å². The molecule has 1 aromatic carbocycles. The Bertz CT molecular complexity index is 586. The second-order valence-corrected chi connectivity index (χ2v) is 5.82.